The number of benzene rings is 2. The molecule has 2 amide bonds. The van der Waals surface area contributed by atoms with Gasteiger partial charge in [0.1, 0.15) is 0 Å². The van der Waals surface area contributed by atoms with E-state index in [9.17, 15) is 4.79 Å². The predicted octanol–water partition coefficient (Wildman–Crippen LogP) is 3.82. The second-order valence-corrected chi connectivity index (χ2v) is 6.25. The Balaban J connectivity index is 1.68. The summed E-state index contributed by atoms with van der Waals surface area (Å²) in [7, 11) is 0. The van der Waals surface area contributed by atoms with Crippen LogP contribution in [0, 0.1) is 6.92 Å². The molecular weight excluding hydrogens is 280 g/mol. The zero-order chi connectivity index (χ0) is 14.7. The summed E-state index contributed by atoms with van der Waals surface area (Å²) in [6.07, 6.45) is 0. The van der Waals surface area contributed by atoms with Gasteiger partial charge in [-0.05, 0) is 24.6 Å². The van der Waals surface area contributed by atoms with Crippen LogP contribution in [0.15, 0.2) is 53.4 Å². The summed E-state index contributed by atoms with van der Waals surface area (Å²) >= 11 is 1.80. The highest BCUT2D eigenvalue weighted by Gasteiger charge is 2.22. The van der Waals surface area contributed by atoms with Gasteiger partial charge < -0.3 is 5.32 Å². The number of nitrogens with zero attached hydrogens (tertiary/aromatic N) is 1. The first kappa shape index (κ1) is 14.0. The molecule has 0 saturated carbocycles. The van der Waals surface area contributed by atoms with Gasteiger partial charge >= 0.3 is 6.03 Å². The van der Waals surface area contributed by atoms with Crippen molar-refractivity contribution in [2.24, 2.45) is 0 Å². The summed E-state index contributed by atoms with van der Waals surface area (Å²) in [5, 5.41) is 3.01. The Morgan fingerprint density at radius 1 is 1.19 bits per heavy atom. The summed E-state index contributed by atoms with van der Waals surface area (Å²) in [6.45, 7) is 3.37. The van der Waals surface area contributed by atoms with E-state index in [1.54, 1.807) is 11.8 Å². The quantitative estimate of drug-likeness (QED) is 0.914. The van der Waals surface area contributed by atoms with Crippen molar-refractivity contribution in [3.8, 4) is 0 Å². The van der Waals surface area contributed by atoms with E-state index >= 15 is 0 Å². The number of rotatable bonds is 2. The molecule has 108 valence electrons. The smallest absolute Gasteiger partial charge is 0.322 e. The van der Waals surface area contributed by atoms with Crippen LogP contribution >= 0.6 is 11.8 Å². The van der Waals surface area contributed by atoms with Crippen molar-refractivity contribution in [2.45, 2.75) is 18.4 Å². The molecule has 1 aliphatic heterocycles. The first-order valence-corrected chi connectivity index (χ1v) is 8.05. The van der Waals surface area contributed by atoms with Gasteiger partial charge in [-0.1, -0.05) is 42.0 Å². The Kier molecular flexibility index (Phi) is 4.15. The maximum atomic E-state index is 12.4. The van der Waals surface area contributed by atoms with Gasteiger partial charge in [0.15, 0.2) is 0 Å². The molecule has 1 heterocycles. The maximum absolute atomic E-state index is 12.4. The van der Waals surface area contributed by atoms with Crippen molar-refractivity contribution in [3.63, 3.8) is 0 Å². The fraction of sp³-hybridized carbons (Fsp3) is 0.235. The minimum absolute atomic E-state index is 0.0247. The van der Waals surface area contributed by atoms with Crippen molar-refractivity contribution in [3.05, 3.63) is 59.7 Å². The predicted molar refractivity (Wildman–Crippen MR) is 87.9 cm³/mol. The number of hydrogen-bond acceptors (Lipinski definition) is 2. The number of nitrogens with one attached hydrogen (secondary N) is 1. The van der Waals surface area contributed by atoms with Crippen molar-refractivity contribution in [1.29, 1.82) is 0 Å². The van der Waals surface area contributed by atoms with Gasteiger partial charge in [0.25, 0.3) is 0 Å². The second-order valence-electron chi connectivity index (χ2n) is 5.11. The summed E-state index contributed by atoms with van der Waals surface area (Å²) in [6, 6.07) is 16.3. The lowest BCUT2D eigenvalue weighted by Gasteiger charge is -2.29. The minimum atomic E-state index is -0.0247. The van der Waals surface area contributed by atoms with Crippen LogP contribution < -0.4 is 10.2 Å². The van der Waals surface area contributed by atoms with Crippen LogP contribution in [-0.4, -0.2) is 18.3 Å². The highest BCUT2D eigenvalue weighted by atomic mass is 32.2. The Hall–Kier alpha value is -1.94. The largest absolute Gasteiger partial charge is 0.334 e. The highest BCUT2D eigenvalue weighted by molar-refractivity contribution is 7.99. The monoisotopic (exact) mass is 298 g/mol. The lowest BCUT2D eigenvalue weighted by atomic mass is 10.1. The van der Waals surface area contributed by atoms with Gasteiger partial charge in [-0.2, -0.15) is 0 Å². The molecule has 1 N–H and O–H groups in total. The molecule has 3 rings (SSSR count). The van der Waals surface area contributed by atoms with Crippen LogP contribution in [-0.2, 0) is 6.54 Å². The van der Waals surface area contributed by atoms with Gasteiger partial charge in [0.2, 0.25) is 0 Å². The highest BCUT2D eigenvalue weighted by Crippen LogP contribution is 2.34. The van der Waals surface area contributed by atoms with E-state index in [1.165, 1.54) is 10.5 Å². The van der Waals surface area contributed by atoms with Gasteiger partial charge in [0, 0.05) is 23.7 Å². The molecular formula is C17H18N2OS. The maximum Gasteiger partial charge on any atom is 0.322 e. The number of fused-ring (bicyclic) bond motifs is 1. The minimum Gasteiger partial charge on any atom is -0.334 e. The number of hydrogen-bond donors (Lipinski definition) is 1. The Bertz CT molecular complexity index is 639. The zero-order valence-electron chi connectivity index (χ0n) is 12.0. The van der Waals surface area contributed by atoms with E-state index in [0.717, 1.165) is 23.5 Å². The SMILES string of the molecule is Cc1ccc(CNC(=O)N2CCSc3ccccc32)cc1. The molecule has 0 saturated heterocycles. The fourth-order valence-electron chi connectivity index (χ4n) is 2.36. The van der Waals surface area contributed by atoms with E-state index < -0.39 is 0 Å². The van der Waals surface area contributed by atoms with E-state index in [4.69, 9.17) is 0 Å². The second kappa shape index (κ2) is 6.22. The average Bonchev–Trinajstić information content (AvgIpc) is 2.53. The molecule has 0 unspecified atom stereocenters. The molecule has 0 bridgehead atoms. The number of anilines is 1. The lowest BCUT2D eigenvalue weighted by Crippen LogP contribution is -2.42. The normalized spacial score (nSPS) is 13.7. The lowest BCUT2D eigenvalue weighted by molar-refractivity contribution is 0.246. The van der Waals surface area contributed by atoms with Gasteiger partial charge in [-0.25, -0.2) is 4.79 Å². The molecule has 0 aromatic heterocycles. The Morgan fingerprint density at radius 2 is 1.95 bits per heavy atom. The van der Waals surface area contributed by atoms with Crippen LogP contribution in [0.3, 0.4) is 0 Å². The standard InChI is InChI=1S/C17H18N2OS/c1-13-6-8-14(9-7-13)12-18-17(20)19-10-11-21-16-5-3-2-4-15(16)19/h2-9H,10-12H2,1H3,(H,18,20). The van der Waals surface area contributed by atoms with Crippen LogP contribution in [0.5, 0.6) is 0 Å². The first-order chi connectivity index (χ1) is 10.2. The molecule has 0 spiro atoms. The van der Waals surface area contributed by atoms with Gasteiger partial charge in [-0.15, -0.1) is 11.8 Å². The molecule has 0 atom stereocenters. The Labute approximate surface area is 129 Å². The summed E-state index contributed by atoms with van der Waals surface area (Å²) in [4.78, 5) is 15.4. The van der Waals surface area contributed by atoms with Crippen molar-refractivity contribution < 1.29 is 4.79 Å². The number of carbonyl (C=O) groups is 1. The molecule has 4 heteroatoms. The molecule has 0 aliphatic carbocycles. The number of thioether (sulfide) groups is 1. The molecule has 2 aromatic rings. The summed E-state index contributed by atoms with van der Waals surface area (Å²) in [5.41, 5.74) is 3.36. The van der Waals surface area contributed by atoms with E-state index in [0.29, 0.717) is 6.54 Å². The van der Waals surface area contributed by atoms with Crippen LogP contribution in [0.2, 0.25) is 0 Å². The average molecular weight is 298 g/mol. The number of carbonyl (C=O) groups excluding carboxylic acids is 1. The van der Waals surface area contributed by atoms with Gasteiger partial charge in [-0.3, -0.25) is 4.90 Å². The molecule has 3 nitrogen and oxygen atoms in total. The Morgan fingerprint density at radius 3 is 2.76 bits per heavy atom. The number of para-hydroxylation sites is 1. The molecule has 0 fully saturated rings. The van der Waals surface area contributed by atoms with Gasteiger partial charge in [0.05, 0.1) is 5.69 Å². The number of urea groups is 1. The van der Waals surface area contributed by atoms with Crippen molar-refractivity contribution >= 4 is 23.5 Å². The zero-order valence-corrected chi connectivity index (χ0v) is 12.8. The van der Waals surface area contributed by atoms with E-state index in [1.807, 2.05) is 23.1 Å². The van der Waals surface area contributed by atoms with E-state index in [2.05, 4.69) is 42.6 Å². The summed E-state index contributed by atoms with van der Waals surface area (Å²) < 4.78 is 0. The topological polar surface area (TPSA) is 32.3 Å². The third-order valence-corrected chi connectivity index (χ3v) is 4.58. The van der Waals surface area contributed by atoms with Crippen LogP contribution in [0.25, 0.3) is 0 Å². The molecule has 0 radical (unpaired) electrons. The number of aryl methyl sites for hydroxylation is 1. The first-order valence-electron chi connectivity index (χ1n) is 7.07. The van der Waals surface area contributed by atoms with Crippen LogP contribution in [0.4, 0.5) is 10.5 Å². The van der Waals surface area contributed by atoms with Crippen molar-refractivity contribution in [2.75, 3.05) is 17.2 Å². The third kappa shape index (κ3) is 3.22. The van der Waals surface area contributed by atoms with Crippen LogP contribution in [0.1, 0.15) is 11.1 Å². The molecule has 2 aromatic carbocycles. The molecule has 1 aliphatic rings. The number of amides is 2. The van der Waals surface area contributed by atoms with Crippen molar-refractivity contribution in [1.82, 2.24) is 5.32 Å². The third-order valence-electron chi connectivity index (χ3n) is 3.54. The molecule has 21 heavy (non-hydrogen) atoms. The van der Waals surface area contributed by atoms with E-state index in [-0.39, 0.29) is 6.03 Å². The fourth-order valence-corrected chi connectivity index (χ4v) is 3.35. The summed E-state index contributed by atoms with van der Waals surface area (Å²) in [5.74, 6) is 0.939.